The lowest BCUT2D eigenvalue weighted by molar-refractivity contribution is 0.616. The second kappa shape index (κ2) is 6.51. The highest BCUT2D eigenvalue weighted by molar-refractivity contribution is 6.30. The van der Waals surface area contributed by atoms with Crippen molar-refractivity contribution in [2.24, 2.45) is 0 Å². The molecule has 0 bridgehead atoms. The molecule has 0 fully saturated rings. The average molecular weight is 327 g/mol. The number of halogens is 2. The quantitative estimate of drug-likeness (QED) is 0.783. The number of nitriles is 1. The lowest BCUT2D eigenvalue weighted by atomic mass is 10.1. The van der Waals surface area contributed by atoms with Crippen LogP contribution in [0.4, 0.5) is 10.1 Å². The van der Waals surface area contributed by atoms with Crippen molar-refractivity contribution in [3.63, 3.8) is 0 Å². The standard InChI is InChI=1S/C17H12ClFN4/c18-14-2-3-16(13(8-14)9-20)22-10-12-1-4-17(15(19)7-12)23-6-5-21-11-23/h1-8,11,22H,10H2. The summed E-state index contributed by atoms with van der Waals surface area (Å²) in [6, 6.07) is 12.1. The minimum absolute atomic E-state index is 0.334. The Morgan fingerprint density at radius 3 is 2.83 bits per heavy atom. The third-order valence-corrected chi connectivity index (χ3v) is 3.61. The number of imidazole rings is 1. The molecule has 0 radical (unpaired) electrons. The molecule has 0 aliphatic rings. The van der Waals surface area contributed by atoms with Crippen LogP contribution in [0.3, 0.4) is 0 Å². The molecule has 1 N–H and O–H groups in total. The van der Waals surface area contributed by atoms with E-state index in [9.17, 15) is 4.39 Å². The summed E-state index contributed by atoms with van der Waals surface area (Å²) in [6.45, 7) is 0.400. The topological polar surface area (TPSA) is 53.6 Å². The Morgan fingerprint density at radius 1 is 1.26 bits per heavy atom. The third kappa shape index (κ3) is 3.33. The van der Waals surface area contributed by atoms with Crippen LogP contribution in [0.2, 0.25) is 5.02 Å². The second-order valence-corrected chi connectivity index (χ2v) is 5.35. The van der Waals surface area contributed by atoms with Crippen molar-refractivity contribution in [3.8, 4) is 11.8 Å². The Labute approximate surface area is 137 Å². The van der Waals surface area contributed by atoms with Crippen molar-refractivity contribution in [1.29, 1.82) is 5.26 Å². The summed E-state index contributed by atoms with van der Waals surface area (Å²) in [7, 11) is 0. The highest BCUT2D eigenvalue weighted by Gasteiger charge is 2.07. The fraction of sp³-hybridized carbons (Fsp3) is 0.0588. The minimum Gasteiger partial charge on any atom is -0.380 e. The maximum atomic E-state index is 14.2. The molecule has 0 aliphatic heterocycles. The highest BCUT2D eigenvalue weighted by atomic mass is 35.5. The van der Waals surface area contributed by atoms with E-state index < -0.39 is 0 Å². The first-order valence-electron chi connectivity index (χ1n) is 6.87. The number of rotatable bonds is 4. The molecule has 0 spiro atoms. The van der Waals surface area contributed by atoms with Crippen LogP contribution in [0.1, 0.15) is 11.1 Å². The second-order valence-electron chi connectivity index (χ2n) is 4.91. The zero-order chi connectivity index (χ0) is 16.2. The van der Waals surface area contributed by atoms with Crippen LogP contribution in [0.25, 0.3) is 5.69 Å². The monoisotopic (exact) mass is 326 g/mol. The molecular formula is C17H12ClFN4. The van der Waals surface area contributed by atoms with Gasteiger partial charge in [-0.1, -0.05) is 17.7 Å². The van der Waals surface area contributed by atoms with Gasteiger partial charge in [-0.3, -0.25) is 0 Å². The molecule has 4 nitrogen and oxygen atoms in total. The lowest BCUT2D eigenvalue weighted by Gasteiger charge is -2.10. The van der Waals surface area contributed by atoms with Gasteiger partial charge >= 0.3 is 0 Å². The normalized spacial score (nSPS) is 10.3. The summed E-state index contributed by atoms with van der Waals surface area (Å²) < 4.78 is 15.8. The number of hydrogen-bond donors (Lipinski definition) is 1. The number of aromatic nitrogens is 2. The summed E-state index contributed by atoms with van der Waals surface area (Å²) in [6.07, 6.45) is 4.82. The number of anilines is 1. The Morgan fingerprint density at radius 2 is 2.13 bits per heavy atom. The van der Waals surface area contributed by atoms with E-state index in [-0.39, 0.29) is 5.82 Å². The highest BCUT2D eigenvalue weighted by Crippen LogP contribution is 2.21. The Balaban J connectivity index is 1.77. The molecule has 0 atom stereocenters. The maximum Gasteiger partial charge on any atom is 0.147 e. The van der Waals surface area contributed by atoms with Crippen LogP contribution in [0.5, 0.6) is 0 Å². The van der Waals surface area contributed by atoms with Gasteiger partial charge in [-0.2, -0.15) is 5.26 Å². The summed E-state index contributed by atoms with van der Waals surface area (Å²) in [4.78, 5) is 3.91. The molecule has 2 aromatic carbocycles. The predicted octanol–water partition coefficient (Wildman–Crippen LogP) is 4.15. The Bertz CT molecular complexity index is 869. The minimum atomic E-state index is -0.334. The maximum absolute atomic E-state index is 14.2. The SMILES string of the molecule is N#Cc1cc(Cl)ccc1NCc1ccc(-n2ccnc2)c(F)c1. The van der Waals surface area contributed by atoms with Crippen LogP contribution < -0.4 is 5.32 Å². The molecular weight excluding hydrogens is 315 g/mol. The number of benzene rings is 2. The molecule has 0 unspecified atom stereocenters. The lowest BCUT2D eigenvalue weighted by Crippen LogP contribution is -2.03. The summed E-state index contributed by atoms with van der Waals surface area (Å²) >= 11 is 5.86. The van der Waals surface area contributed by atoms with Gasteiger partial charge in [0.05, 0.1) is 23.3 Å². The molecule has 3 rings (SSSR count). The number of hydrogen-bond acceptors (Lipinski definition) is 3. The van der Waals surface area contributed by atoms with E-state index in [2.05, 4.69) is 16.4 Å². The third-order valence-electron chi connectivity index (χ3n) is 3.38. The zero-order valence-corrected chi connectivity index (χ0v) is 12.8. The van der Waals surface area contributed by atoms with Crippen molar-refractivity contribution in [2.45, 2.75) is 6.54 Å². The van der Waals surface area contributed by atoms with Crippen LogP contribution in [-0.4, -0.2) is 9.55 Å². The molecule has 0 amide bonds. The van der Waals surface area contributed by atoms with Gasteiger partial charge in [0, 0.05) is 24.0 Å². The van der Waals surface area contributed by atoms with Crippen molar-refractivity contribution in [2.75, 3.05) is 5.32 Å². The first-order valence-corrected chi connectivity index (χ1v) is 7.25. The van der Waals surface area contributed by atoms with E-state index in [0.29, 0.717) is 28.5 Å². The summed E-state index contributed by atoms with van der Waals surface area (Å²) in [5.74, 6) is -0.334. The largest absolute Gasteiger partial charge is 0.380 e. The van der Waals surface area contributed by atoms with Gasteiger partial charge in [-0.15, -0.1) is 0 Å². The van der Waals surface area contributed by atoms with Gasteiger partial charge in [-0.25, -0.2) is 9.37 Å². The first-order chi connectivity index (χ1) is 11.2. The van der Waals surface area contributed by atoms with E-state index in [1.807, 2.05) is 6.07 Å². The van der Waals surface area contributed by atoms with Crippen LogP contribution >= 0.6 is 11.6 Å². The fourth-order valence-electron chi connectivity index (χ4n) is 2.23. The number of nitrogens with zero attached hydrogens (tertiary/aromatic N) is 3. The van der Waals surface area contributed by atoms with Crippen LogP contribution in [0, 0.1) is 17.1 Å². The average Bonchev–Trinajstić information content (AvgIpc) is 3.07. The predicted molar refractivity (Wildman–Crippen MR) is 87.0 cm³/mol. The fourth-order valence-corrected chi connectivity index (χ4v) is 2.40. The van der Waals surface area contributed by atoms with Crippen molar-refractivity contribution < 1.29 is 4.39 Å². The smallest absolute Gasteiger partial charge is 0.147 e. The first kappa shape index (κ1) is 15.1. The van der Waals surface area contributed by atoms with E-state index in [0.717, 1.165) is 5.56 Å². The van der Waals surface area contributed by atoms with Gasteiger partial charge in [0.15, 0.2) is 0 Å². The van der Waals surface area contributed by atoms with Gasteiger partial charge in [0.1, 0.15) is 11.9 Å². The molecule has 1 heterocycles. The Hall–Kier alpha value is -2.84. The van der Waals surface area contributed by atoms with Gasteiger partial charge < -0.3 is 9.88 Å². The molecule has 6 heteroatoms. The van der Waals surface area contributed by atoms with E-state index in [1.165, 1.54) is 6.07 Å². The van der Waals surface area contributed by atoms with Crippen molar-refractivity contribution in [1.82, 2.24) is 9.55 Å². The zero-order valence-electron chi connectivity index (χ0n) is 12.0. The molecule has 0 aliphatic carbocycles. The molecule has 1 aromatic heterocycles. The van der Waals surface area contributed by atoms with E-state index >= 15 is 0 Å². The molecule has 0 saturated carbocycles. The van der Waals surface area contributed by atoms with E-state index in [1.54, 1.807) is 47.6 Å². The van der Waals surface area contributed by atoms with Crippen LogP contribution in [-0.2, 0) is 6.54 Å². The van der Waals surface area contributed by atoms with Crippen LogP contribution in [0.15, 0.2) is 55.1 Å². The van der Waals surface area contributed by atoms with Crippen molar-refractivity contribution in [3.05, 3.63) is 77.1 Å². The number of nitrogens with one attached hydrogen (secondary N) is 1. The van der Waals surface area contributed by atoms with Gasteiger partial charge in [0.25, 0.3) is 0 Å². The van der Waals surface area contributed by atoms with Gasteiger partial charge in [0.2, 0.25) is 0 Å². The molecule has 114 valence electrons. The molecule has 3 aromatic rings. The Kier molecular flexibility index (Phi) is 4.26. The summed E-state index contributed by atoms with van der Waals surface area (Å²) in [5.41, 5.74) is 2.32. The summed E-state index contributed by atoms with van der Waals surface area (Å²) in [5, 5.41) is 12.7. The van der Waals surface area contributed by atoms with E-state index in [4.69, 9.17) is 16.9 Å². The van der Waals surface area contributed by atoms with Gasteiger partial charge in [-0.05, 0) is 35.9 Å². The molecule has 23 heavy (non-hydrogen) atoms. The molecule has 0 saturated heterocycles. The van der Waals surface area contributed by atoms with Crippen molar-refractivity contribution >= 4 is 17.3 Å².